The van der Waals surface area contributed by atoms with Gasteiger partial charge in [-0.15, -0.1) is 0 Å². The second-order valence-electron chi connectivity index (χ2n) is 7.96. The number of fused-ring (bicyclic) bond motifs is 1. The molecule has 174 valence electrons. The number of carbonyl (C=O) groups is 1. The first kappa shape index (κ1) is 25.8. The number of hydrogen-bond acceptors (Lipinski definition) is 3. The van der Waals surface area contributed by atoms with Gasteiger partial charge in [-0.05, 0) is 30.7 Å². The molecule has 2 aromatic heterocycles. The van der Waals surface area contributed by atoms with Gasteiger partial charge >= 0.3 is 0 Å². The summed E-state index contributed by atoms with van der Waals surface area (Å²) in [6, 6.07) is 11.7. The van der Waals surface area contributed by atoms with E-state index in [1.54, 1.807) is 24.5 Å². The van der Waals surface area contributed by atoms with E-state index in [4.69, 9.17) is 4.74 Å². The molecule has 1 N–H and O–H groups in total. The standard InChI is InChI=1S/C25H34N4O2.ClH/c1-2-3-4-5-6-7-8-11-17-31-21-29-20-28(23-14-9-10-15-24(23)29)19-27-25(30)22-13-12-16-26-18-22;/h9-10,12-16,18,20H,2-8,11,17,19,21H2,1H3;1H. The molecule has 0 atom stereocenters. The third-order valence-corrected chi connectivity index (χ3v) is 5.49. The van der Waals surface area contributed by atoms with E-state index >= 15 is 0 Å². The van der Waals surface area contributed by atoms with Crippen molar-refractivity contribution in [3.63, 3.8) is 0 Å². The highest BCUT2D eigenvalue weighted by Crippen LogP contribution is 2.12. The zero-order valence-corrected chi connectivity index (χ0v) is 19.8. The van der Waals surface area contributed by atoms with Gasteiger partial charge in [-0.3, -0.25) is 9.78 Å². The van der Waals surface area contributed by atoms with Crippen LogP contribution in [0.2, 0.25) is 0 Å². The van der Waals surface area contributed by atoms with Crippen molar-refractivity contribution < 1.29 is 26.5 Å². The van der Waals surface area contributed by atoms with E-state index in [0.29, 0.717) is 19.0 Å². The number of halogens is 1. The van der Waals surface area contributed by atoms with Crippen LogP contribution in [0.3, 0.4) is 0 Å². The highest BCUT2D eigenvalue weighted by Gasteiger charge is 2.16. The second-order valence-corrected chi connectivity index (χ2v) is 7.96. The number of aromatic nitrogens is 3. The summed E-state index contributed by atoms with van der Waals surface area (Å²) in [7, 11) is 0. The summed E-state index contributed by atoms with van der Waals surface area (Å²) < 4.78 is 10.1. The molecule has 0 radical (unpaired) electrons. The minimum atomic E-state index is -0.136. The maximum Gasteiger partial charge on any atom is 0.255 e. The molecule has 0 spiro atoms. The minimum absolute atomic E-state index is 0. The Kier molecular flexibility index (Phi) is 11.8. The van der Waals surface area contributed by atoms with Crippen molar-refractivity contribution in [1.82, 2.24) is 14.9 Å². The molecular formula is C25H35ClN4O2. The molecule has 3 aromatic rings. The van der Waals surface area contributed by atoms with Crippen LogP contribution in [-0.4, -0.2) is 22.1 Å². The van der Waals surface area contributed by atoms with Gasteiger partial charge in [-0.1, -0.05) is 64.0 Å². The molecule has 1 amide bonds. The Bertz CT molecular complexity index is 930. The van der Waals surface area contributed by atoms with Crippen LogP contribution in [-0.2, 0) is 18.1 Å². The third kappa shape index (κ3) is 7.92. The lowest BCUT2D eigenvalue weighted by Gasteiger charge is -2.03. The fourth-order valence-electron chi connectivity index (χ4n) is 3.73. The lowest BCUT2D eigenvalue weighted by atomic mass is 10.1. The van der Waals surface area contributed by atoms with E-state index < -0.39 is 0 Å². The Morgan fingerprint density at radius 2 is 1.78 bits per heavy atom. The van der Waals surface area contributed by atoms with E-state index in [2.05, 4.69) is 33.9 Å². The number of pyridine rings is 1. The number of para-hydroxylation sites is 2. The van der Waals surface area contributed by atoms with Crippen molar-refractivity contribution in [2.75, 3.05) is 6.61 Å². The number of unbranched alkanes of at least 4 members (excludes halogenated alkanes) is 7. The molecule has 0 aliphatic rings. The number of carbonyl (C=O) groups excluding carboxylic acids is 1. The summed E-state index contributed by atoms with van der Waals surface area (Å²) in [4.78, 5) is 16.3. The topological polar surface area (TPSA) is 60.0 Å². The van der Waals surface area contributed by atoms with Crippen molar-refractivity contribution in [1.29, 1.82) is 0 Å². The Hall–Kier alpha value is -2.44. The van der Waals surface area contributed by atoms with E-state index in [1.807, 2.05) is 23.0 Å². The van der Waals surface area contributed by atoms with Crippen LogP contribution in [0, 0.1) is 0 Å². The van der Waals surface area contributed by atoms with Crippen molar-refractivity contribution >= 4 is 16.9 Å². The van der Waals surface area contributed by atoms with E-state index in [-0.39, 0.29) is 18.3 Å². The Morgan fingerprint density at radius 1 is 1.03 bits per heavy atom. The number of imidazole rings is 1. The molecule has 6 nitrogen and oxygen atoms in total. The SMILES string of the molecule is CCCCCCCCCCOCn1c[n+](CNC(=O)c2cccnc2)c2ccccc21.[Cl-]. The lowest BCUT2D eigenvalue weighted by molar-refractivity contribution is -0.675. The molecule has 3 rings (SSSR count). The molecule has 0 saturated heterocycles. The quantitative estimate of drug-likeness (QED) is 0.296. The summed E-state index contributed by atoms with van der Waals surface area (Å²) >= 11 is 0. The summed E-state index contributed by atoms with van der Waals surface area (Å²) in [5.74, 6) is -0.136. The zero-order valence-electron chi connectivity index (χ0n) is 19.0. The van der Waals surface area contributed by atoms with E-state index in [0.717, 1.165) is 24.1 Å². The van der Waals surface area contributed by atoms with Crippen LogP contribution >= 0.6 is 0 Å². The molecule has 0 aliphatic heterocycles. The molecule has 2 heterocycles. The molecule has 1 aromatic carbocycles. The predicted octanol–water partition coefficient (Wildman–Crippen LogP) is 1.83. The van der Waals surface area contributed by atoms with Crippen LogP contribution in [0.15, 0.2) is 55.1 Å². The van der Waals surface area contributed by atoms with Crippen molar-refractivity contribution in [2.24, 2.45) is 0 Å². The fourth-order valence-corrected chi connectivity index (χ4v) is 3.73. The summed E-state index contributed by atoms with van der Waals surface area (Å²) in [6.45, 7) is 3.93. The first-order valence-electron chi connectivity index (χ1n) is 11.5. The summed E-state index contributed by atoms with van der Waals surface area (Å²) in [5.41, 5.74) is 2.71. The van der Waals surface area contributed by atoms with Gasteiger partial charge in [-0.2, -0.15) is 0 Å². The largest absolute Gasteiger partial charge is 1.00 e. The van der Waals surface area contributed by atoms with Crippen molar-refractivity contribution in [2.45, 2.75) is 71.7 Å². The number of rotatable bonds is 14. The van der Waals surface area contributed by atoms with Crippen LogP contribution < -0.4 is 22.3 Å². The molecule has 7 heteroatoms. The maximum atomic E-state index is 12.3. The molecule has 0 bridgehead atoms. The molecule has 0 unspecified atom stereocenters. The molecule has 32 heavy (non-hydrogen) atoms. The fraction of sp³-hybridized carbons (Fsp3) is 0.480. The minimum Gasteiger partial charge on any atom is -1.00 e. The Morgan fingerprint density at radius 3 is 2.53 bits per heavy atom. The van der Waals surface area contributed by atoms with Crippen molar-refractivity contribution in [3.05, 3.63) is 60.7 Å². The second kappa shape index (κ2) is 14.6. The van der Waals surface area contributed by atoms with Gasteiger partial charge in [0.1, 0.15) is 0 Å². The van der Waals surface area contributed by atoms with Gasteiger partial charge in [0.2, 0.25) is 6.33 Å². The van der Waals surface area contributed by atoms with E-state index in [9.17, 15) is 4.79 Å². The number of ether oxygens (including phenoxy) is 1. The zero-order chi connectivity index (χ0) is 21.7. The number of hydrogen-bond donors (Lipinski definition) is 1. The molecule has 0 fully saturated rings. The highest BCUT2D eigenvalue weighted by atomic mass is 35.5. The average Bonchev–Trinajstić information content (AvgIpc) is 3.17. The number of benzene rings is 1. The number of nitrogens with one attached hydrogen (secondary N) is 1. The van der Waals surface area contributed by atoms with Gasteiger partial charge in [0, 0.05) is 12.4 Å². The van der Waals surface area contributed by atoms with Gasteiger partial charge in [0.25, 0.3) is 5.91 Å². The average molecular weight is 459 g/mol. The van der Waals surface area contributed by atoms with Gasteiger partial charge < -0.3 is 22.5 Å². The van der Waals surface area contributed by atoms with Gasteiger partial charge in [0.15, 0.2) is 24.4 Å². The number of amides is 1. The Labute approximate surface area is 197 Å². The van der Waals surface area contributed by atoms with Crippen LogP contribution in [0.25, 0.3) is 11.0 Å². The lowest BCUT2D eigenvalue weighted by Crippen LogP contribution is -3.00. The Balaban J connectivity index is 0.00000363. The van der Waals surface area contributed by atoms with Crippen LogP contribution in [0.4, 0.5) is 0 Å². The van der Waals surface area contributed by atoms with Gasteiger partial charge in [0.05, 0.1) is 12.2 Å². The normalized spacial score (nSPS) is 10.8. The maximum absolute atomic E-state index is 12.3. The summed E-state index contributed by atoms with van der Waals surface area (Å²) in [5, 5.41) is 2.96. The molecule has 0 aliphatic carbocycles. The first-order chi connectivity index (χ1) is 15.3. The molecular weight excluding hydrogens is 424 g/mol. The van der Waals surface area contributed by atoms with Crippen LogP contribution in [0.1, 0.15) is 68.6 Å². The molecule has 0 saturated carbocycles. The van der Waals surface area contributed by atoms with E-state index in [1.165, 1.54) is 44.9 Å². The first-order valence-corrected chi connectivity index (χ1v) is 11.5. The van der Waals surface area contributed by atoms with Gasteiger partial charge in [-0.25, -0.2) is 9.13 Å². The summed E-state index contributed by atoms with van der Waals surface area (Å²) in [6.07, 6.45) is 15.6. The smallest absolute Gasteiger partial charge is 0.255 e. The third-order valence-electron chi connectivity index (χ3n) is 5.49. The highest BCUT2D eigenvalue weighted by molar-refractivity contribution is 5.93. The monoisotopic (exact) mass is 458 g/mol. The number of nitrogens with zero attached hydrogens (tertiary/aromatic N) is 3. The van der Waals surface area contributed by atoms with Crippen molar-refractivity contribution in [3.8, 4) is 0 Å². The van der Waals surface area contributed by atoms with Crippen LogP contribution in [0.5, 0.6) is 0 Å². The predicted molar refractivity (Wildman–Crippen MR) is 122 cm³/mol.